The topological polar surface area (TPSA) is 70.7 Å². The zero-order valence-corrected chi connectivity index (χ0v) is 14.3. The van der Waals surface area contributed by atoms with Crippen molar-refractivity contribution < 1.29 is 4.79 Å². The van der Waals surface area contributed by atoms with E-state index in [4.69, 9.17) is 0 Å². The average molecular weight is 342 g/mol. The Hall–Kier alpha value is -3.47. The van der Waals surface area contributed by atoms with Crippen molar-refractivity contribution in [1.29, 1.82) is 0 Å². The lowest BCUT2D eigenvalue weighted by atomic mass is 9.90. The van der Waals surface area contributed by atoms with Gasteiger partial charge in [-0.3, -0.25) is 9.89 Å². The first-order chi connectivity index (χ1) is 12.7. The van der Waals surface area contributed by atoms with Gasteiger partial charge in [-0.15, -0.1) is 0 Å². The first-order valence-electron chi connectivity index (χ1n) is 8.45. The minimum absolute atomic E-state index is 0.128. The van der Waals surface area contributed by atoms with E-state index in [2.05, 4.69) is 20.5 Å². The summed E-state index contributed by atoms with van der Waals surface area (Å²) in [4.78, 5) is 17.5. The molecule has 0 unspecified atom stereocenters. The summed E-state index contributed by atoms with van der Waals surface area (Å²) >= 11 is 0. The molecular weight excluding hydrogens is 324 g/mol. The van der Waals surface area contributed by atoms with Gasteiger partial charge in [0.1, 0.15) is 0 Å². The van der Waals surface area contributed by atoms with E-state index >= 15 is 0 Å². The van der Waals surface area contributed by atoms with Crippen molar-refractivity contribution in [3.8, 4) is 0 Å². The number of carbonyl (C=O) groups is 1. The molecule has 0 radical (unpaired) electrons. The number of fused-ring (bicyclic) bond motifs is 1. The van der Waals surface area contributed by atoms with Gasteiger partial charge in [0.2, 0.25) is 5.91 Å². The molecule has 0 aliphatic carbocycles. The molecule has 2 aromatic heterocycles. The lowest BCUT2D eigenvalue weighted by Gasteiger charge is -2.17. The van der Waals surface area contributed by atoms with Gasteiger partial charge in [-0.25, -0.2) is 4.98 Å². The number of hydrogen-bond acceptors (Lipinski definition) is 3. The molecule has 4 rings (SSSR count). The van der Waals surface area contributed by atoms with Gasteiger partial charge in [0.25, 0.3) is 0 Å². The van der Waals surface area contributed by atoms with Crippen molar-refractivity contribution >= 4 is 22.8 Å². The number of pyridine rings is 1. The number of anilines is 1. The monoisotopic (exact) mass is 342 g/mol. The molecule has 0 atom stereocenters. The Labute approximate surface area is 151 Å². The summed E-state index contributed by atoms with van der Waals surface area (Å²) < 4.78 is 0. The summed E-state index contributed by atoms with van der Waals surface area (Å²) in [7, 11) is 0. The predicted molar refractivity (Wildman–Crippen MR) is 102 cm³/mol. The third-order valence-corrected chi connectivity index (χ3v) is 4.33. The molecular formula is C21H18N4O. The van der Waals surface area contributed by atoms with E-state index in [0.29, 0.717) is 11.5 Å². The van der Waals surface area contributed by atoms with Crippen molar-refractivity contribution in [1.82, 2.24) is 15.2 Å². The second-order valence-corrected chi connectivity index (χ2v) is 6.16. The van der Waals surface area contributed by atoms with Gasteiger partial charge in [-0.05, 0) is 30.2 Å². The molecule has 0 bridgehead atoms. The Kier molecular flexibility index (Phi) is 4.19. The average Bonchev–Trinajstić information content (AvgIpc) is 3.05. The Bertz CT molecular complexity index is 1000. The van der Waals surface area contributed by atoms with E-state index in [0.717, 1.165) is 22.2 Å². The quantitative estimate of drug-likeness (QED) is 0.588. The van der Waals surface area contributed by atoms with Crippen molar-refractivity contribution in [3.05, 3.63) is 89.6 Å². The standard InChI is InChI=1S/C21H18N4O/c1-14-12-13-17-19(22-14)24-25-20(17)23-21(26)18(15-8-4-2-5-9-15)16-10-6-3-7-11-16/h2-13,18H,1H3,(H2,22,23,24,25,26). The van der Waals surface area contributed by atoms with Crippen LogP contribution in [0.4, 0.5) is 5.82 Å². The minimum Gasteiger partial charge on any atom is -0.308 e. The Balaban J connectivity index is 1.70. The molecule has 0 aliphatic heterocycles. The van der Waals surface area contributed by atoms with Crippen LogP contribution in [0.3, 0.4) is 0 Å². The fourth-order valence-corrected chi connectivity index (χ4v) is 3.07. The fraction of sp³-hybridized carbons (Fsp3) is 0.0952. The van der Waals surface area contributed by atoms with E-state index in [1.807, 2.05) is 79.7 Å². The fourth-order valence-electron chi connectivity index (χ4n) is 3.07. The van der Waals surface area contributed by atoms with Crippen molar-refractivity contribution in [3.63, 3.8) is 0 Å². The Morgan fingerprint density at radius 1 is 0.923 bits per heavy atom. The zero-order chi connectivity index (χ0) is 17.9. The highest BCUT2D eigenvalue weighted by molar-refractivity contribution is 6.02. The number of H-pyrrole nitrogens is 1. The van der Waals surface area contributed by atoms with Gasteiger partial charge in [-0.1, -0.05) is 60.7 Å². The maximum absolute atomic E-state index is 13.1. The third-order valence-electron chi connectivity index (χ3n) is 4.33. The Morgan fingerprint density at radius 2 is 1.54 bits per heavy atom. The van der Waals surface area contributed by atoms with Gasteiger partial charge in [0.15, 0.2) is 11.5 Å². The van der Waals surface area contributed by atoms with Gasteiger partial charge in [0, 0.05) is 5.69 Å². The lowest BCUT2D eigenvalue weighted by molar-refractivity contribution is -0.116. The molecule has 5 heteroatoms. The van der Waals surface area contributed by atoms with Crippen LogP contribution in [0.15, 0.2) is 72.8 Å². The maximum Gasteiger partial charge on any atom is 0.237 e. The number of amides is 1. The van der Waals surface area contributed by atoms with Crippen LogP contribution in [0, 0.1) is 6.92 Å². The predicted octanol–water partition coefficient (Wildman–Crippen LogP) is 4.04. The van der Waals surface area contributed by atoms with Crippen LogP contribution in [-0.4, -0.2) is 21.1 Å². The number of rotatable bonds is 4. The second-order valence-electron chi connectivity index (χ2n) is 6.16. The molecule has 26 heavy (non-hydrogen) atoms. The number of carbonyl (C=O) groups excluding carboxylic acids is 1. The Morgan fingerprint density at radius 3 is 2.15 bits per heavy atom. The molecule has 1 amide bonds. The molecule has 0 aliphatic rings. The summed E-state index contributed by atoms with van der Waals surface area (Å²) in [6.07, 6.45) is 0. The highest BCUT2D eigenvalue weighted by Gasteiger charge is 2.24. The molecule has 128 valence electrons. The number of hydrogen-bond donors (Lipinski definition) is 2. The van der Waals surface area contributed by atoms with Crippen LogP contribution in [0.2, 0.25) is 0 Å². The maximum atomic E-state index is 13.1. The van der Waals surface area contributed by atoms with Crippen molar-refractivity contribution in [2.45, 2.75) is 12.8 Å². The molecule has 0 fully saturated rings. The van der Waals surface area contributed by atoms with E-state index in [-0.39, 0.29) is 5.91 Å². The summed E-state index contributed by atoms with van der Waals surface area (Å²) in [6, 6.07) is 23.3. The molecule has 0 spiro atoms. The molecule has 5 nitrogen and oxygen atoms in total. The molecule has 2 heterocycles. The van der Waals surface area contributed by atoms with Crippen LogP contribution >= 0.6 is 0 Å². The first kappa shape index (κ1) is 16.0. The smallest absolute Gasteiger partial charge is 0.237 e. The van der Waals surface area contributed by atoms with Gasteiger partial charge >= 0.3 is 0 Å². The van der Waals surface area contributed by atoms with Crippen molar-refractivity contribution in [2.75, 3.05) is 5.32 Å². The molecule has 4 aromatic rings. The first-order valence-corrected chi connectivity index (χ1v) is 8.45. The molecule has 2 aromatic carbocycles. The second kappa shape index (κ2) is 6.80. The van der Waals surface area contributed by atoms with Crippen LogP contribution in [-0.2, 0) is 4.79 Å². The normalized spacial score (nSPS) is 11.0. The summed E-state index contributed by atoms with van der Waals surface area (Å²) in [5.74, 6) is -0.0479. The number of aryl methyl sites for hydroxylation is 1. The zero-order valence-electron chi connectivity index (χ0n) is 14.3. The third kappa shape index (κ3) is 3.07. The largest absolute Gasteiger partial charge is 0.308 e. The van der Waals surface area contributed by atoms with E-state index in [1.54, 1.807) is 0 Å². The molecule has 0 saturated heterocycles. The number of aromatic nitrogens is 3. The minimum atomic E-state index is -0.414. The van der Waals surface area contributed by atoms with Crippen LogP contribution in [0.5, 0.6) is 0 Å². The number of benzene rings is 2. The van der Waals surface area contributed by atoms with E-state index in [1.165, 1.54) is 0 Å². The number of nitrogens with zero attached hydrogens (tertiary/aromatic N) is 2. The summed E-state index contributed by atoms with van der Waals surface area (Å²) in [5.41, 5.74) is 3.43. The van der Waals surface area contributed by atoms with Crippen LogP contribution < -0.4 is 5.32 Å². The van der Waals surface area contributed by atoms with Gasteiger partial charge in [0.05, 0.1) is 11.3 Å². The number of nitrogens with one attached hydrogen (secondary N) is 2. The van der Waals surface area contributed by atoms with E-state index < -0.39 is 5.92 Å². The highest BCUT2D eigenvalue weighted by Crippen LogP contribution is 2.27. The highest BCUT2D eigenvalue weighted by atomic mass is 16.2. The van der Waals surface area contributed by atoms with E-state index in [9.17, 15) is 4.79 Å². The number of aromatic amines is 1. The van der Waals surface area contributed by atoms with Crippen LogP contribution in [0.25, 0.3) is 11.0 Å². The van der Waals surface area contributed by atoms with Gasteiger partial charge < -0.3 is 5.32 Å². The van der Waals surface area contributed by atoms with Crippen molar-refractivity contribution in [2.24, 2.45) is 0 Å². The summed E-state index contributed by atoms with van der Waals surface area (Å²) in [5, 5.41) is 10.9. The summed E-state index contributed by atoms with van der Waals surface area (Å²) in [6.45, 7) is 1.92. The molecule has 0 saturated carbocycles. The SMILES string of the molecule is Cc1ccc2c(NC(=O)C(c3ccccc3)c3ccccc3)n[nH]c2n1. The van der Waals surface area contributed by atoms with Gasteiger partial charge in [-0.2, -0.15) is 5.10 Å². The lowest BCUT2D eigenvalue weighted by Crippen LogP contribution is -2.22. The van der Waals surface area contributed by atoms with Crippen LogP contribution in [0.1, 0.15) is 22.7 Å². The molecule has 2 N–H and O–H groups in total.